The SMILES string of the molecule is O=S(=O)(NCc1ncccn1)c1[c]cccc1. The van der Waals surface area contributed by atoms with Gasteiger partial charge in [-0.1, -0.05) is 18.2 Å². The number of sulfonamides is 1. The third-order valence-electron chi connectivity index (χ3n) is 2.01. The monoisotopic (exact) mass is 248 g/mol. The maximum absolute atomic E-state index is 11.8. The van der Waals surface area contributed by atoms with Gasteiger partial charge in [0.1, 0.15) is 5.82 Å². The van der Waals surface area contributed by atoms with Crippen LogP contribution in [0.5, 0.6) is 0 Å². The van der Waals surface area contributed by atoms with E-state index in [0.29, 0.717) is 5.82 Å². The van der Waals surface area contributed by atoms with E-state index in [4.69, 9.17) is 0 Å². The summed E-state index contributed by atoms with van der Waals surface area (Å²) < 4.78 is 26.0. The Morgan fingerprint density at radius 1 is 1.18 bits per heavy atom. The lowest BCUT2D eigenvalue weighted by atomic mass is 10.4. The van der Waals surface area contributed by atoms with E-state index in [1.165, 1.54) is 6.07 Å². The molecule has 0 bridgehead atoms. The van der Waals surface area contributed by atoms with Gasteiger partial charge in [-0.25, -0.2) is 23.1 Å². The molecule has 5 nitrogen and oxygen atoms in total. The Morgan fingerprint density at radius 2 is 1.94 bits per heavy atom. The molecule has 1 aromatic heterocycles. The summed E-state index contributed by atoms with van der Waals surface area (Å²) in [5.74, 6) is 0.423. The van der Waals surface area contributed by atoms with Crippen molar-refractivity contribution in [2.75, 3.05) is 0 Å². The zero-order valence-corrected chi connectivity index (χ0v) is 9.68. The summed E-state index contributed by atoms with van der Waals surface area (Å²) in [4.78, 5) is 7.96. The molecule has 2 rings (SSSR count). The van der Waals surface area contributed by atoms with E-state index < -0.39 is 10.0 Å². The molecule has 1 aromatic carbocycles. The molecule has 1 N–H and O–H groups in total. The maximum Gasteiger partial charge on any atom is 0.241 e. The Hall–Kier alpha value is -1.79. The molecule has 0 aliphatic heterocycles. The van der Waals surface area contributed by atoms with Gasteiger partial charge >= 0.3 is 0 Å². The highest BCUT2D eigenvalue weighted by atomic mass is 32.2. The topological polar surface area (TPSA) is 72.0 Å². The molecular weight excluding hydrogens is 238 g/mol. The third kappa shape index (κ3) is 3.08. The second-order valence-corrected chi connectivity index (χ2v) is 4.95. The van der Waals surface area contributed by atoms with E-state index >= 15 is 0 Å². The Morgan fingerprint density at radius 3 is 2.59 bits per heavy atom. The molecule has 0 atom stereocenters. The fraction of sp³-hybridized carbons (Fsp3) is 0.0909. The summed E-state index contributed by atoms with van der Waals surface area (Å²) >= 11 is 0. The van der Waals surface area contributed by atoms with E-state index in [-0.39, 0.29) is 11.4 Å². The Balaban J connectivity index is 2.09. The average Bonchev–Trinajstić information content (AvgIpc) is 2.39. The summed E-state index contributed by atoms with van der Waals surface area (Å²) in [6.07, 6.45) is 3.12. The fourth-order valence-electron chi connectivity index (χ4n) is 1.20. The summed E-state index contributed by atoms with van der Waals surface area (Å²) in [6.45, 7) is 0.0614. The molecule has 2 aromatic rings. The Labute approximate surface area is 99.6 Å². The molecule has 87 valence electrons. The molecule has 0 saturated heterocycles. The predicted molar refractivity (Wildman–Crippen MR) is 61.3 cm³/mol. The van der Waals surface area contributed by atoms with E-state index in [1.807, 2.05) is 0 Å². The molecule has 1 radical (unpaired) electrons. The standard InChI is InChI=1S/C11H10N3O2S/c15-17(16,10-5-2-1-3-6-10)14-9-11-12-7-4-8-13-11/h1-5,7-8,14H,9H2. The van der Waals surface area contributed by atoms with Gasteiger partial charge in [0.2, 0.25) is 10.0 Å². The molecule has 0 aliphatic rings. The number of nitrogens with one attached hydrogen (secondary N) is 1. The van der Waals surface area contributed by atoms with Gasteiger partial charge in [0.05, 0.1) is 11.4 Å². The minimum atomic E-state index is -3.54. The molecule has 0 fully saturated rings. The molecule has 1 heterocycles. The first kappa shape index (κ1) is 11.7. The van der Waals surface area contributed by atoms with E-state index in [0.717, 1.165) is 0 Å². The summed E-state index contributed by atoms with van der Waals surface area (Å²) in [7, 11) is -3.54. The lowest BCUT2D eigenvalue weighted by molar-refractivity contribution is 0.579. The summed E-state index contributed by atoms with van der Waals surface area (Å²) in [6, 6.07) is 10.7. The average molecular weight is 248 g/mol. The molecule has 0 spiro atoms. The van der Waals surface area contributed by atoms with E-state index in [2.05, 4.69) is 20.8 Å². The van der Waals surface area contributed by atoms with Crippen molar-refractivity contribution in [3.8, 4) is 0 Å². The summed E-state index contributed by atoms with van der Waals surface area (Å²) in [5.41, 5.74) is 0. The molecule has 6 heteroatoms. The van der Waals surface area contributed by atoms with Crippen LogP contribution in [0.15, 0.2) is 47.6 Å². The van der Waals surface area contributed by atoms with Crippen LogP contribution in [0.25, 0.3) is 0 Å². The Bertz CT molecular complexity index is 570. The van der Waals surface area contributed by atoms with Gasteiger partial charge in [-0.2, -0.15) is 0 Å². The Kier molecular flexibility index (Phi) is 3.46. The first-order valence-electron chi connectivity index (χ1n) is 4.91. The van der Waals surface area contributed by atoms with Crippen LogP contribution in [0.4, 0.5) is 0 Å². The molecular formula is C11H10N3O2S. The summed E-state index contributed by atoms with van der Waals surface area (Å²) in [5, 5.41) is 0. The minimum absolute atomic E-state index is 0.0614. The van der Waals surface area contributed by atoms with Crippen LogP contribution in [0.3, 0.4) is 0 Å². The second kappa shape index (κ2) is 5.03. The van der Waals surface area contributed by atoms with Crippen LogP contribution < -0.4 is 4.72 Å². The lowest BCUT2D eigenvalue weighted by Gasteiger charge is -2.04. The number of aromatic nitrogens is 2. The molecule has 0 aliphatic carbocycles. The quantitative estimate of drug-likeness (QED) is 0.866. The van der Waals surface area contributed by atoms with Crippen molar-refractivity contribution in [3.63, 3.8) is 0 Å². The van der Waals surface area contributed by atoms with Gasteiger partial charge in [0.15, 0.2) is 0 Å². The van der Waals surface area contributed by atoms with Crippen LogP contribution >= 0.6 is 0 Å². The highest BCUT2D eigenvalue weighted by Crippen LogP contribution is 2.06. The number of benzene rings is 1. The van der Waals surface area contributed by atoms with Crippen LogP contribution in [0.2, 0.25) is 0 Å². The highest BCUT2D eigenvalue weighted by Gasteiger charge is 2.13. The number of hydrogen-bond acceptors (Lipinski definition) is 4. The number of hydrogen-bond donors (Lipinski definition) is 1. The van der Waals surface area contributed by atoms with E-state index in [1.54, 1.807) is 36.7 Å². The largest absolute Gasteiger partial charge is 0.241 e. The smallest absolute Gasteiger partial charge is 0.240 e. The van der Waals surface area contributed by atoms with Gasteiger partial charge in [-0.05, 0) is 12.1 Å². The normalized spacial score (nSPS) is 11.3. The molecule has 0 unspecified atom stereocenters. The van der Waals surface area contributed by atoms with Gasteiger partial charge in [0.25, 0.3) is 0 Å². The molecule has 0 amide bonds. The van der Waals surface area contributed by atoms with Crippen molar-refractivity contribution in [2.45, 2.75) is 11.4 Å². The van der Waals surface area contributed by atoms with Crippen molar-refractivity contribution in [1.82, 2.24) is 14.7 Å². The first-order chi connectivity index (χ1) is 8.18. The lowest BCUT2D eigenvalue weighted by Crippen LogP contribution is -2.24. The first-order valence-corrected chi connectivity index (χ1v) is 6.39. The highest BCUT2D eigenvalue weighted by molar-refractivity contribution is 7.89. The molecule has 17 heavy (non-hydrogen) atoms. The van der Waals surface area contributed by atoms with Gasteiger partial charge in [-0.3, -0.25) is 0 Å². The van der Waals surface area contributed by atoms with Crippen molar-refractivity contribution < 1.29 is 8.42 Å². The van der Waals surface area contributed by atoms with Crippen molar-refractivity contribution >= 4 is 10.0 Å². The number of nitrogens with zero attached hydrogens (tertiary/aromatic N) is 2. The van der Waals surface area contributed by atoms with Crippen molar-refractivity contribution in [2.24, 2.45) is 0 Å². The zero-order valence-electron chi connectivity index (χ0n) is 8.87. The minimum Gasteiger partial charge on any atom is -0.240 e. The maximum atomic E-state index is 11.8. The van der Waals surface area contributed by atoms with Gasteiger partial charge < -0.3 is 0 Å². The van der Waals surface area contributed by atoms with Crippen LogP contribution in [-0.4, -0.2) is 18.4 Å². The predicted octanol–water partition coefficient (Wildman–Crippen LogP) is 0.755. The third-order valence-corrected chi connectivity index (χ3v) is 3.37. The van der Waals surface area contributed by atoms with Crippen LogP contribution in [-0.2, 0) is 16.6 Å². The van der Waals surface area contributed by atoms with Gasteiger partial charge in [0, 0.05) is 18.5 Å². The van der Waals surface area contributed by atoms with Gasteiger partial charge in [-0.15, -0.1) is 0 Å². The van der Waals surface area contributed by atoms with Crippen molar-refractivity contribution in [1.29, 1.82) is 0 Å². The van der Waals surface area contributed by atoms with Crippen LogP contribution in [0.1, 0.15) is 5.82 Å². The zero-order chi connectivity index (χ0) is 12.1. The fourth-order valence-corrected chi connectivity index (χ4v) is 2.16. The van der Waals surface area contributed by atoms with E-state index in [9.17, 15) is 8.42 Å². The van der Waals surface area contributed by atoms with Crippen LogP contribution in [0, 0.1) is 6.07 Å². The molecule has 0 saturated carbocycles. The number of rotatable bonds is 4. The second-order valence-electron chi connectivity index (χ2n) is 3.22. The van der Waals surface area contributed by atoms with Crippen molar-refractivity contribution in [3.05, 3.63) is 54.6 Å².